The van der Waals surface area contributed by atoms with Crippen LogP contribution in [0.1, 0.15) is 24.5 Å². The summed E-state index contributed by atoms with van der Waals surface area (Å²) in [5.74, 6) is 2.29. The van der Waals surface area contributed by atoms with E-state index in [-0.39, 0.29) is 4.90 Å². The Bertz CT molecular complexity index is 674. The van der Waals surface area contributed by atoms with Gasteiger partial charge in [-0.1, -0.05) is 12.8 Å². The topological polar surface area (TPSA) is 89.3 Å². The van der Waals surface area contributed by atoms with Gasteiger partial charge in [0.05, 0.1) is 11.0 Å². The Hall–Kier alpha value is -1.91. The maximum absolute atomic E-state index is 12.2. The summed E-state index contributed by atoms with van der Waals surface area (Å²) in [7, 11) is -4.03. The lowest BCUT2D eigenvalue weighted by molar-refractivity contribution is -0.387. The average molecular weight is 296 g/mol. The molecule has 0 amide bonds. The van der Waals surface area contributed by atoms with Crippen molar-refractivity contribution in [2.24, 2.45) is 0 Å². The largest absolute Gasteiger partial charge is 0.289 e. The van der Waals surface area contributed by atoms with E-state index in [9.17, 15) is 18.5 Å². The lowest BCUT2D eigenvalue weighted by Gasteiger charge is -2.12. The molecule has 0 aromatic heterocycles. The maximum Gasteiger partial charge on any atom is 0.289 e. The van der Waals surface area contributed by atoms with E-state index in [1.165, 1.54) is 12.1 Å². The molecule has 0 heterocycles. The van der Waals surface area contributed by atoms with Crippen molar-refractivity contribution in [1.82, 2.24) is 4.72 Å². The van der Waals surface area contributed by atoms with E-state index in [1.807, 2.05) is 0 Å². The molecular weight excluding hydrogens is 280 g/mol. The molecule has 7 heteroatoms. The molecule has 108 valence electrons. The smallest absolute Gasteiger partial charge is 0.258 e. The number of hydrogen-bond acceptors (Lipinski definition) is 4. The van der Waals surface area contributed by atoms with E-state index < -0.39 is 26.7 Å². The second-order valence-corrected chi connectivity index (χ2v) is 6.09. The second kappa shape index (κ2) is 6.03. The third-order valence-electron chi connectivity index (χ3n) is 2.97. The van der Waals surface area contributed by atoms with Crippen LogP contribution in [0.3, 0.4) is 0 Å². The summed E-state index contributed by atoms with van der Waals surface area (Å²) in [6, 6.07) is 1.85. The summed E-state index contributed by atoms with van der Waals surface area (Å²) in [4.78, 5) is 9.96. The number of hydrogen-bond donors (Lipinski definition) is 1. The molecule has 0 fully saturated rings. The highest BCUT2D eigenvalue weighted by Crippen LogP contribution is 2.27. The third kappa shape index (κ3) is 3.35. The van der Waals surface area contributed by atoms with Crippen molar-refractivity contribution in [1.29, 1.82) is 0 Å². The molecule has 20 heavy (non-hydrogen) atoms. The van der Waals surface area contributed by atoms with Gasteiger partial charge in [0, 0.05) is 6.07 Å². The van der Waals surface area contributed by atoms with Gasteiger partial charge in [-0.25, -0.2) is 8.42 Å². The van der Waals surface area contributed by atoms with Crippen molar-refractivity contribution >= 4 is 15.7 Å². The molecule has 0 saturated carbocycles. The van der Waals surface area contributed by atoms with Crippen molar-refractivity contribution < 1.29 is 13.3 Å². The maximum atomic E-state index is 12.2. The number of rotatable bonds is 5. The van der Waals surface area contributed by atoms with Crippen molar-refractivity contribution in [2.75, 3.05) is 0 Å². The highest BCUT2D eigenvalue weighted by Gasteiger charge is 2.28. The first-order valence-corrected chi connectivity index (χ1v) is 7.45. The van der Waals surface area contributed by atoms with Gasteiger partial charge in [-0.2, -0.15) is 4.72 Å². The van der Waals surface area contributed by atoms with Gasteiger partial charge in [-0.3, -0.25) is 10.1 Å². The molecule has 1 atom stereocenters. The molecule has 0 bridgehead atoms. The van der Waals surface area contributed by atoms with Crippen LogP contribution >= 0.6 is 0 Å². The molecule has 1 aromatic rings. The monoisotopic (exact) mass is 296 g/mol. The van der Waals surface area contributed by atoms with Crippen LogP contribution in [0.2, 0.25) is 0 Å². The lowest BCUT2D eigenvalue weighted by Crippen LogP contribution is -2.33. The predicted molar refractivity (Wildman–Crippen MR) is 75.8 cm³/mol. The number of nitro benzene ring substituents is 1. The fraction of sp³-hybridized carbons (Fsp3) is 0.385. The summed E-state index contributed by atoms with van der Waals surface area (Å²) in [6.07, 6.45) is 5.61. The number of nitrogens with zero attached hydrogens (tertiary/aromatic N) is 1. The van der Waals surface area contributed by atoms with Crippen LogP contribution in [-0.2, 0) is 10.0 Å². The van der Waals surface area contributed by atoms with E-state index in [1.54, 1.807) is 20.8 Å². The normalized spacial score (nSPS) is 12.7. The Labute approximate surface area is 118 Å². The molecule has 1 rings (SSSR count). The van der Waals surface area contributed by atoms with E-state index in [4.69, 9.17) is 6.42 Å². The average Bonchev–Trinajstić information content (AvgIpc) is 2.38. The molecule has 1 N–H and O–H groups in total. The van der Waals surface area contributed by atoms with Crippen molar-refractivity contribution in [3.8, 4) is 12.3 Å². The van der Waals surface area contributed by atoms with Crippen LogP contribution < -0.4 is 4.72 Å². The van der Waals surface area contributed by atoms with Crippen LogP contribution in [0.25, 0.3) is 0 Å². The number of aryl methyl sites for hydroxylation is 2. The van der Waals surface area contributed by atoms with Gasteiger partial charge in [0.25, 0.3) is 5.69 Å². The van der Waals surface area contributed by atoms with Crippen molar-refractivity contribution in [3.05, 3.63) is 33.4 Å². The SMILES string of the molecule is C#CC(CC)NS(=O)(=O)c1cc(C)c(C)cc1[N+](=O)[O-]. The zero-order valence-electron chi connectivity index (χ0n) is 11.5. The van der Waals surface area contributed by atoms with Gasteiger partial charge in [0.1, 0.15) is 0 Å². The fourth-order valence-corrected chi connectivity index (χ4v) is 3.10. The van der Waals surface area contributed by atoms with E-state index in [0.29, 0.717) is 17.5 Å². The molecule has 1 aromatic carbocycles. The Morgan fingerprint density at radius 2 is 1.95 bits per heavy atom. The van der Waals surface area contributed by atoms with Crippen LogP contribution in [0.15, 0.2) is 17.0 Å². The quantitative estimate of drug-likeness (QED) is 0.510. The number of benzene rings is 1. The third-order valence-corrected chi connectivity index (χ3v) is 4.47. The molecule has 0 aliphatic rings. The predicted octanol–water partition coefficient (Wildman–Crippen LogP) is 1.90. The van der Waals surface area contributed by atoms with E-state index in [0.717, 1.165) is 0 Å². The Morgan fingerprint density at radius 1 is 1.40 bits per heavy atom. The molecule has 0 saturated heterocycles. The van der Waals surface area contributed by atoms with E-state index >= 15 is 0 Å². The summed E-state index contributed by atoms with van der Waals surface area (Å²) in [5.41, 5.74) is 0.858. The van der Waals surface area contributed by atoms with Gasteiger partial charge < -0.3 is 0 Å². The summed E-state index contributed by atoms with van der Waals surface area (Å²) in [5, 5.41) is 11.0. The first-order chi connectivity index (χ1) is 9.22. The summed E-state index contributed by atoms with van der Waals surface area (Å²) in [6.45, 7) is 5.10. The standard InChI is InChI=1S/C13H16N2O4S/c1-5-11(6-2)14-20(18,19)13-8-10(4)9(3)7-12(13)15(16)17/h1,7-8,11,14H,6H2,2-4H3. The zero-order valence-corrected chi connectivity index (χ0v) is 12.3. The minimum atomic E-state index is -4.03. The molecule has 0 radical (unpaired) electrons. The molecule has 0 aliphatic heterocycles. The molecule has 6 nitrogen and oxygen atoms in total. The van der Waals surface area contributed by atoms with Crippen LogP contribution in [0.5, 0.6) is 0 Å². The fourth-order valence-electron chi connectivity index (χ4n) is 1.62. The highest BCUT2D eigenvalue weighted by atomic mass is 32.2. The molecule has 0 aliphatic carbocycles. The molecule has 0 spiro atoms. The van der Waals surface area contributed by atoms with Gasteiger partial charge in [-0.05, 0) is 37.5 Å². The highest BCUT2D eigenvalue weighted by molar-refractivity contribution is 7.89. The van der Waals surface area contributed by atoms with Gasteiger partial charge in [0.15, 0.2) is 4.90 Å². The summed E-state index contributed by atoms with van der Waals surface area (Å²) >= 11 is 0. The number of terminal acetylenes is 1. The van der Waals surface area contributed by atoms with Crippen molar-refractivity contribution in [2.45, 2.75) is 38.1 Å². The minimum absolute atomic E-state index is 0.362. The molecular formula is C13H16N2O4S. The number of nitrogens with one attached hydrogen (secondary N) is 1. The van der Waals surface area contributed by atoms with Crippen LogP contribution in [0, 0.1) is 36.3 Å². The van der Waals surface area contributed by atoms with Gasteiger partial charge in [-0.15, -0.1) is 6.42 Å². The Kier molecular flexibility index (Phi) is 4.87. The minimum Gasteiger partial charge on any atom is -0.258 e. The summed E-state index contributed by atoms with van der Waals surface area (Å²) < 4.78 is 26.8. The van der Waals surface area contributed by atoms with E-state index in [2.05, 4.69) is 10.6 Å². The van der Waals surface area contributed by atoms with Crippen LogP contribution in [0.4, 0.5) is 5.69 Å². The Morgan fingerprint density at radius 3 is 2.40 bits per heavy atom. The lowest BCUT2D eigenvalue weighted by atomic mass is 10.1. The second-order valence-electron chi connectivity index (χ2n) is 4.41. The Balaban J connectivity index is 3.42. The molecule has 1 unspecified atom stereocenters. The van der Waals surface area contributed by atoms with Crippen molar-refractivity contribution in [3.63, 3.8) is 0 Å². The van der Waals surface area contributed by atoms with Crippen LogP contribution in [-0.4, -0.2) is 19.4 Å². The van der Waals surface area contributed by atoms with Gasteiger partial charge in [0.2, 0.25) is 10.0 Å². The number of sulfonamides is 1. The van der Waals surface area contributed by atoms with Gasteiger partial charge >= 0.3 is 0 Å². The number of nitro groups is 1. The first kappa shape index (κ1) is 16.1. The first-order valence-electron chi connectivity index (χ1n) is 5.97. The zero-order chi connectivity index (χ0) is 15.5.